The first-order chi connectivity index (χ1) is 14.9. The first-order valence-corrected chi connectivity index (χ1v) is 13.5. The van der Waals surface area contributed by atoms with Gasteiger partial charge in [0, 0.05) is 13.1 Å². The van der Waals surface area contributed by atoms with Gasteiger partial charge in [-0.2, -0.15) is 12.7 Å². The zero-order valence-electron chi connectivity index (χ0n) is 19.2. The van der Waals surface area contributed by atoms with E-state index in [-0.39, 0.29) is 21.5 Å². The highest BCUT2D eigenvalue weighted by atomic mass is 32.2. The fourth-order valence-electron chi connectivity index (χ4n) is 3.96. The molecule has 3 rings (SSSR count). The minimum Gasteiger partial charge on any atom is -0.343 e. The standard InChI is InChI=1S/C23H31N3O4S2/c1-17(2)23-25(20(5)24-31(27,28)21-11-7-18(3)8-12-21)15-6-16-26(23)32(29,30)22-13-9-19(4)10-14-22/h7-14,17,23H,6,15-16H2,1-5H3/b24-20+. The quantitative estimate of drug-likeness (QED) is 0.483. The molecule has 1 fully saturated rings. The molecule has 2 aromatic carbocycles. The van der Waals surface area contributed by atoms with Crippen LogP contribution in [0.25, 0.3) is 0 Å². The maximum atomic E-state index is 13.5. The summed E-state index contributed by atoms with van der Waals surface area (Å²) in [5, 5.41) is 0. The molecule has 0 bridgehead atoms. The van der Waals surface area contributed by atoms with E-state index >= 15 is 0 Å². The van der Waals surface area contributed by atoms with Gasteiger partial charge in [-0.25, -0.2) is 8.42 Å². The highest BCUT2D eigenvalue weighted by Crippen LogP contribution is 2.29. The smallest absolute Gasteiger partial charge is 0.283 e. The number of hydrogen-bond donors (Lipinski definition) is 0. The Bertz CT molecular complexity index is 1190. The summed E-state index contributed by atoms with van der Waals surface area (Å²) in [5.74, 6) is 0.204. The average molecular weight is 478 g/mol. The molecule has 0 spiro atoms. The molecule has 1 unspecified atom stereocenters. The van der Waals surface area contributed by atoms with Crippen molar-refractivity contribution in [3.05, 3.63) is 59.7 Å². The lowest BCUT2D eigenvalue weighted by Crippen LogP contribution is -2.59. The van der Waals surface area contributed by atoms with Crippen LogP contribution >= 0.6 is 0 Å². The molecule has 32 heavy (non-hydrogen) atoms. The molecule has 0 amide bonds. The van der Waals surface area contributed by atoms with E-state index in [1.165, 1.54) is 16.4 Å². The summed E-state index contributed by atoms with van der Waals surface area (Å²) in [4.78, 5) is 2.15. The number of aryl methyl sites for hydroxylation is 2. The first-order valence-electron chi connectivity index (χ1n) is 10.7. The molecule has 2 aromatic rings. The molecule has 0 N–H and O–H groups in total. The molecule has 0 aliphatic carbocycles. The SMILES string of the molecule is C/C(=N\S(=O)(=O)c1ccc(C)cc1)N1CCCN(S(=O)(=O)c2ccc(C)cc2)C1C(C)C. The Labute approximate surface area is 191 Å². The second-order valence-electron chi connectivity index (χ2n) is 8.56. The Morgan fingerprint density at radius 3 is 1.88 bits per heavy atom. The van der Waals surface area contributed by atoms with Crippen LogP contribution in [-0.4, -0.2) is 51.1 Å². The molecular weight excluding hydrogens is 446 g/mol. The fraction of sp³-hybridized carbons (Fsp3) is 0.435. The number of rotatable bonds is 5. The van der Waals surface area contributed by atoms with Crippen LogP contribution in [0, 0.1) is 19.8 Å². The van der Waals surface area contributed by atoms with Gasteiger partial charge >= 0.3 is 0 Å². The van der Waals surface area contributed by atoms with Gasteiger partial charge in [0.25, 0.3) is 10.0 Å². The van der Waals surface area contributed by atoms with E-state index < -0.39 is 26.2 Å². The minimum atomic E-state index is -3.91. The Morgan fingerprint density at radius 1 is 0.875 bits per heavy atom. The van der Waals surface area contributed by atoms with Crippen LogP contribution < -0.4 is 0 Å². The lowest BCUT2D eigenvalue weighted by molar-refractivity contribution is 0.0839. The van der Waals surface area contributed by atoms with Crippen LogP contribution in [0.3, 0.4) is 0 Å². The summed E-state index contributed by atoms with van der Waals surface area (Å²) in [5.41, 5.74) is 1.94. The number of benzene rings is 2. The molecule has 7 nitrogen and oxygen atoms in total. The van der Waals surface area contributed by atoms with Gasteiger partial charge < -0.3 is 4.90 Å². The lowest BCUT2D eigenvalue weighted by atomic mass is 10.1. The second-order valence-corrected chi connectivity index (χ2v) is 12.1. The summed E-state index contributed by atoms with van der Waals surface area (Å²) < 4.78 is 58.2. The topological polar surface area (TPSA) is 87.1 Å². The van der Waals surface area contributed by atoms with Gasteiger partial charge in [0.15, 0.2) is 0 Å². The van der Waals surface area contributed by atoms with Gasteiger partial charge in [0.1, 0.15) is 5.84 Å². The van der Waals surface area contributed by atoms with Crippen molar-refractivity contribution in [2.24, 2.45) is 10.3 Å². The molecule has 1 aliphatic rings. The van der Waals surface area contributed by atoms with Crippen molar-refractivity contribution in [3.63, 3.8) is 0 Å². The third kappa shape index (κ3) is 5.05. The highest BCUT2D eigenvalue weighted by Gasteiger charge is 2.40. The van der Waals surface area contributed by atoms with Crippen LogP contribution in [0.2, 0.25) is 0 Å². The maximum absolute atomic E-state index is 13.5. The number of amidine groups is 1. The van der Waals surface area contributed by atoms with Crippen molar-refractivity contribution in [2.45, 2.75) is 57.0 Å². The van der Waals surface area contributed by atoms with Crippen LogP contribution in [0.4, 0.5) is 0 Å². The van der Waals surface area contributed by atoms with E-state index in [9.17, 15) is 16.8 Å². The molecular formula is C23H31N3O4S2. The molecule has 0 saturated carbocycles. The molecule has 1 heterocycles. The molecule has 9 heteroatoms. The van der Waals surface area contributed by atoms with Gasteiger partial charge in [-0.15, -0.1) is 4.40 Å². The molecule has 0 radical (unpaired) electrons. The van der Waals surface area contributed by atoms with Crippen LogP contribution in [0.5, 0.6) is 0 Å². The van der Waals surface area contributed by atoms with E-state index in [4.69, 9.17) is 0 Å². The lowest BCUT2D eigenvalue weighted by Gasteiger charge is -2.45. The normalized spacial score (nSPS) is 18.9. The van der Waals surface area contributed by atoms with Crippen LogP contribution in [-0.2, 0) is 20.0 Å². The van der Waals surface area contributed by atoms with Crippen molar-refractivity contribution in [3.8, 4) is 0 Å². The average Bonchev–Trinajstić information content (AvgIpc) is 2.73. The summed E-state index contributed by atoms with van der Waals surface area (Å²) >= 11 is 0. The van der Waals surface area contributed by atoms with Crippen molar-refractivity contribution in [1.29, 1.82) is 0 Å². The number of hydrogen-bond acceptors (Lipinski definition) is 4. The Balaban J connectivity index is 1.98. The van der Waals surface area contributed by atoms with Gasteiger partial charge in [-0.3, -0.25) is 0 Å². The predicted octanol–water partition coefficient (Wildman–Crippen LogP) is 3.79. The Morgan fingerprint density at radius 2 is 1.38 bits per heavy atom. The molecule has 0 aromatic heterocycles. The minimum absolute atomic E-state index is 0.0808. The zero-order valence-corrected chi connectivity index (χ0v) is 20.8. The molecule has 1 saturated heterocycles. The van der Waals surface area contributed by atoms with Crippen molar-refractivity contribution < 1.29 is 16.8 Å². The van der Waals surface area contributed by atoms with Gasteiger partial charge in [0.2, 0.25) is 10.0 Å². The Hall–Kier alpha value is -2.23. The summed E-state index contributed by atoms with van der Waals surface area (Å²) in [7, 11) is -7.66. The fourth-order valence-corrected chi connectivity index (χ4v) is 6.76. The molecule has 1 atom stereocenters. The molecule has 174 valence electrons. The van der Waals surface area contributed by atoms with Crippen molar-refractivity contribution >= 4 is 25.9 Å². The monoisotopic (exact) mass is 477 g/mol. The summed E-state index contributed by atoms with van der Waals surface area (Å²) in [6.07, 6.45) is 0.0400. The third-order valence-corrected chi connectivity index (χ3v) is 8.86. The highest BCUT2D eigenvalue weighted by molar-refractivity contribution is 7.90. The van der Waals surface area contributed by atoms with Crippen molar-refractivity contribution in [2.75, 3.05) is 13.1 Å². The van der Waals surface area contributed by atoms with E-state index in [1.807, 2.05) is 27.7 Å². The largest absolute Gasteiger partial charge is 0.343 e. The van der Waals surface area contributed by atoms with Gasteiger partial charge in [0.05, 0.1) is 16.0 Å². The number of sulfonamides is 2. The predicted molar refractivity (Wildman–Crippen MR) is 126 cm³/mol. The zero-order chi connectivity index (χ0) is 23.7. The second kappa shape index (κ2) is 9.33. The van der Waals surface area contributed by atoms with Gasteiger partial charge in [-0.05, 0) is 57.4 Å². The third-order valence-electron chi connectivity index (χ3n) is 5.60. The van der Waals surface area contributed by atoms with E-state index in [0.717, 1.165) is 11.1 Å². The van der Waals surface area contributed by atoms with Crippen LogP contribution in [0.1, 0.15) is 38.3 Å². The van der Waals surface area contributed by atoms with E-state index in [2.05, 4.69) is 4.40 Å². The summed E-state index contributed by atoms with van der Waals surface area (Å²) in [6, 6.07) is 13.3. The van der Waals surface area contributed by atoms with Crippen LogP contribution in [0.15, 0.2) is 62.7 Å². The maximum Gasteiger partial charge on any atom is 0.283 e. The van der Waals surface area contributed by atoms with Gasteiger partial charge in [-0.1, -0.05) is 49.2 Å². The summed E-state index contributed by atoms with van der Waals surface area (Å²) in [6.45, 7) is 10.2. The van der Waals surface area contributed by atoms with E-state index in [0.29, 0.717) is 19.5 Å². The first kappa shape index (κ1) is 24.4. The van der Waals surface area contributed by atoms with Crippen molar-refractivity contribution in [1.82, 2.24) is 9.21 Å². The molecule has 1 aliphatic heterocycles. The van der Waals surface area contributed by atoms with E-state index in [1.54, 1.807) is 48.2 Å². The number of nitrogens with zero attached hydrogens (tertiary/aromatic N) is 3. The Kier molecular flexibility index (Phi) is 7.12.